The zero-order valence-electron chi connectivity index (χ0n) is 18.2. The molecule has 0 saturated carbocycles. The molecule has 34 heavy (non-hydrogen) atoms. The van der Waals surface area contributed by atoms with Crippen LogP contribution in [-0.4, -0.2) is 43.4 Å². The average Bonchev–Trinajstić information content (AvgIpc) is 3.16. The van der Waals surface area contributed by atoms with Gasteiger partial charge in [0.15, 0.2) is 10.6 Å². The van der Waals surface area contributed by atoms with E-state index in [-0.39, 0.29) is 34.8 Å². The number of methoxy groups -OCH3 is 1. The van der Waals surface area contributed by atoms with Crippen LogP contribution in [0, 0.1) is 29.9 Å². The number of piperidine rings is 1. The predicted molar refractivity (Wildman–Crippen MR) is 124 cm³/mol. The fourth-order valence-corrected chi connectivity index (χ4v) is 6.42. The molecule has 4 rings (SSSR count). The van der Waals surface area contributed by atoms with Crippen LogP contribution in [0.2, 0.25) is 0 Å². The summed E-state index contributed by atoms with van der Waals surface area (Å²) in [6.07, 6.45) is 5.98. The van der Waals surface area contributed by atoms with Crippen LogP contribution in [-0.2, 0) is 21.4 Å². The van der Waals surface area contributed by atoms with Crippen molar-refractivity contribution in [3.05, 3.63) is 52.8 Å². The second-order valence-corrected chi connectivity index (χ2v) is 10.7. The largest absolute Gasteiger partial charge is 0.497 e. The minimum Gasteiger partial charge on any atom is -0.497 e. The molecule has 178 valence electrons. The third-order valence-corrected chi connectivity index (χ3v) is 8.59. The van der Waals surface area contributed by atoms with E-state index in [2.05, 4.69) is 10.9 Å². The van der Waals surface area contributed by atoms with Gasteiger partial charge in [0.05, 0.1) is 28.8 Å². The highest BCUT2D eigenvalue weighted by atomic mass is 32.2. The first kappa shape index (κ1) is 24.1. The lowest BCUT2D eigenvalue weighted by atomic mass is 9.98. The van der Waals surface area contributed by atoms with Crippen molar-refractivity contribution in [3.63, 3.8) is 0 Å². The molecule has 0 N–H and O–H groups in total. The molecule has 1 amide bonds. The quantitative estimate of drug-likeness (QED) is 0.499. The third-order valence-electron chi connectivity index (χ3n) is 5.65. The van der Waals surface area contributed by atoms with E-state index >= 15 is 0 Å². The number of halogens is 2. The van der Waals surface area contributed by atoms with Gasteiger partial charge in [0.1, 0.15) is 11.6 Å². The number of carbonyl (C=O) groups excluding carboxylic acids is 1. The fraction of sp³-hybridized carbons (Fsp3) is 0.304. The van der Waals surface area contributed by atoms with Gasteiger partial charge in [-0.3, -0.25) is 4.79 Å². The molecule has 1 aliphatic heterocycles. The van der Waals surface area contributed by atoms with E-state index in [9.17, 15) is 22.0 Å². The minimum absolute atomic E-state index is 0.0345. The first-order valence-electron chi connectivity index (χ1n) is 10.4. The van der Waals surface area contributed by atoms with E-state index in [1.807, 2.05) is 0 Å². The molecule has 0 atom stereocenters. The van der Waals surface area contributed by atoms with Crippen molar-refractivity contribution in [2.75, 3.05) is 20.2 Å². The first-order valence-corrected chi connectivity index (χ1v) is 12.6. The fourth-order valence-electron chi connectivity index (χ4n) is 3.88. The number of benzene rings is 2. The Morgan fingerprint density at radius 1 is 1.24 bits per heavy atom. The molecular weight excluding hydrogens is 484 g/mol. The summed E-state index contributed by atoms with van der Waals surface area (Å²) in [5.41, 5.74) is 0.0938. The third kappa shape index (κ3) is 4.61. The van der Waals surface area contributed by atoms with E-state index < -0.39 is 33.5 Å². The van der Waals surface area contributed by atoms with Gasteiger partial charge in [-0.2, -0.15) is 9.30 Å². The lowest BCUT2D eigenvalue weighted by molar-refractivity contribution is -0.122. The molecule has 2 aromatic carbocycles. The molecular formula is C23H21F2N3O4S2. The Labute approximate surface area is 199 Å². The molecule has 0 unspecified atom stereocenters. The van der Waals surface area contributed by atoms with E-state index in [1.54, 1.807) is 12.1 Å². The van der Waals surface area contributed by atoms with Crippen LogP contribution in [0.25, 0.3) is 10.2 Å². The van der Waals surface area contributed by atoms with Crippen molar-refractivity contribution in [2.24, 2.45) is 10.9 Å². The Balaban J connectivity index is 1.54. The van der Waals surface area contributed by atoms with Gasteiger partial charge in [0.2, 0.25) is 10.0 Å². The van der Waals surface area contributed by atoms with E-state index in [4.69, 9.17) is 11.2 Å². The van der Waals surface area contributed by atoms with Gasteiger partial charge in [-0.05, 0) is 43.2 Å². The Morgan fingerprint density at radius 2 is 1.91 bits per heavy atom. The first-order chi connectivity index (χ1) is 16.2. The van der Waals surface area contributed by atoms with E-state index in [0.29, 0.717) is 23.3 Å². The summed E-state index contributed by atoms with van der Waals surface area (Å²) in [5, 5.41) is 0. The highest BCUT2D eigenvalue weighted by molar-refractivity contribution is 7.89. The van der Waals surface area contributed by atoms with Gasteiger partial charge in [0.25, 0.3) is 5.91 Å². The van der Waals surface area contributed by atoms with E-state index in [1.165, 1.54) is 34.2 Å². The Hall–Kier alpha value is -3.07. The molecule has 1 fully saturated rings. The molecule has 1 aliphatic rings. The number of ether oxygens (including phenoxy) is 1. The summed E-state index contributed by atoms with van der Waals surface area (Å²) >= 11 is 0.973. The van der Waals surface area contributed by atoms with Crippen LogP contribution in [0.1, 0.15) is 12.8 Å². The van der Waals surface area contributed by atoms with Crippen molar-refractivity contribution in [1.29, 1.82) is 0 Å². The Bertz CT molecular complexity index is 1450. The molecule has 0 spiro atoms. The molecule has 1 saturated heterocycles. The minimum atomic E-state index is -3.70. The highest BCUT2D eigenvalue weighted by Gasteiger charge is 2.32. The van der Waals surface area contributed by atoms with Crippen LogP contribution in [0.4, 0.5) is 8.78 Å². The number of hydrogen-bond acceptors (Lipinski definition) is 5. The monoisotopic (exact) mass is 505 g/mol. The number of terminal acetylenes is 1. The topological polar surface area (TPSA) is 81.0 Å². The highest BCUT2D eigenvalue weighted by Crippen LogP contribution is 2.26. The molecule has 0 radical (unpaired) electrons. The zero-order valence-corrected chi connectivity index (χ0v) is 19.8. The smallest absolute Gasteiger partial charge is 0.251 e. The van der Waals surface area contributed by atoms with Gasteiger partial charge in [-0.1, -0.05) is 17.3 Å². The summed E-state index contributed by atoms with van der Waals surface area (Å²) in [7, 11) is -2.20. The maximum Gasteiger partial charge on any atom is 0.251 e. The van der Waals surface area contributed by atoms with Crippen LogP contribution in [0.5, 0.6) is 5.75 Å². The SMILES string of the molecule is C#CCn1c(=NC(=O)C2CCN(S(=O)(=O)c3ccc(OC)cc3)CC2)sc2cc(F)cc(F)c21. The van der Waals surface area contributed by atoms with Crippen LogP contribution in [0.15, 0.2) is 46.3 Å². The van der Waals surface area contributed by atoms with Crippen molar-refractivity contribution >= 4 is 37.5 Å². The van der Waals surface area contributed by atoms with Crippen LogP contribution < -0.4 is 9.54 Å². The maximum atomic E-state index is 14.4. The zero-order chi connectivity index (χ0) is 24.5. The number of hydrogen-bond donors (Lipinski definition) is 0. The van der Waals surface area contributed by atoms with Crippen LogP contribution in [0.3, 0.4) is 0 Å². The lowest BCUT2D eigenvalue weighted by Crippen LogP contribution is -2.40. The second-order valence-electron chi connectivity index (χ2n) is 7.71. The summed E-state index contributed by atoms with van der Waals surface area (Å²) < 4.78 is 61.9. The molecule has 11 heteroatoms. The number of nitrogens with zero attached hydrogens (tertiary/aromatic N) is 3. The van der Waals surface area contributed by atoms with Gasteiger partial charge >= 0.3 is 0 Å². The van der Waals surface area contributed by atoms with E-state index in [0.717, 1.165) is 17.4 Å². The number of amides is 1. The molecule has 0 aliphatic carbocycles. The normalized spacial score (nSPS) is 16.0. The van der Waals surface area contributed by atoms with Crippen molar-refractivity contribution in [1.82, 2.24) is 8.87 Å². The Kier molecular flexibility index (Phi) is 6.84. The van der Waals surface area contributed by atoms with Crippen molar-refractivity contribution in [2.45, 2.75) is 24.3 Å². The van der Waals surface area contributed by atoms with Gasteiger partial charge in [-0.25, -0.2) is 17.2 Å². The van der Waals surface area contributed by atoms with Crippen molar-refractivity contribution < 1.29 is 26.7 Å². The Morgan fingerprint density at radius 3 is 2.53 bits per heavy atom. The lowest BCUT2D eigenvalue weighted by Gasteiger charge is -2.29. The molecule has 1 aromatic heterocycles. The number of carbonyl (C=O) groups is 1. The van der Waals surface area contributed by atoms with Gasteiger partial charge in [-0.15, -0.1) is 6.42 Å². The van der Waals surface area contributed by atoms with Gasteiger partial charge < -0.3 is 9.30 Å². The summed E-state index contributed by atoms with van der Waals surface area (Å²) in [4.78, 5) is 17.4. The second kappa shape index (κ2) is 9.66. The summed E-state index contributed by atoms with van der Waals surface area (Å²) in [6, 6.07) is 8.04. The number of rotatable bonds is 5. The van der Waals surface area contributed by atoms with Crippen molar-refractivity contribution in [3.8, 4) is 18.1 Å². The standard InChI is InChI=1S/C23H21F2N3O4S2/c1-3-10-28-21-19(25)13-16(24)14-20(21)33-23(28)26-22(29)15-8-11-27(12-9-15)34(30,31)18-6-4-17(32-2)5-7-18/h1,4-7,13-15H,8-12H2,2H3. The number of aromatic nitrogens is 1. The molecule has 7 nitrogen and oxygen atoms in total. The molecule has 0 bridgehead atoms. The number of sulfonamides is 1. The molecule has 3 aromatic rings. The van der Waals surface area contributed by atoms with Gasteiger partial charge in [0, 0.05) is 25.1 Å². The van der Waals surface area contributed by atoms with Crippen LogP contribution >= 0.6 is 11.3 Å². The molecule has 2 heterocycles. The summed E-state index contributed by atoms with van der Waals surface area (Å²) in [5.74, 6) is 0.495. The average molecular weight is 506 g/mol. The predicted octanol–water partition coefficient (Wildman–Crippen LogP) is 3.15. The number of fused-ring (bicyclic) bond motifs is 1. The summed E-state index contributed by atoms with van der Waals surface area (Å²) in [6.45, 7) is 0.293. The maximum absolute atomic E-state index is 14.4. The number of thiazole rings is 1.